The summed E-state index contributed by atoms with van der Waals surface area (Å²) < 4.78 is 0. The first-order valence-corrected chi connectivity index (χ1v) is 8.56. The largest absolute Gasteiger partial charge is 0.378 e. The molecule has 1 amide bonds. The van der Waals surface area contributed by atoms with Gasteiger partial charge in [0.25, 0.3) is 0 Å². The van der Waals surface area contributed by atoms with Crippen molar-refractivity contribution in [1.29, 1.82) is 0 Å². The number of aryl methyl sites for hydroxylation is 1. The molecule has 23 heavy (non-hydrogen) atoms. The van der Waals surface area contributed by atoms with E-state index in [2.05, 4.69) is 27.9 Å². The highest BCUT2D eigenvalue weighted by Crippen LogP contribution is 2.17. The number of amides is 1. The topological polar surface area (TPSA) is 57.3 Å². The van der Waals surface area contributed by atoms with Crippen LogP contribution in [0.3, 0.4) is 0 Å². The number of rotatable bonds is 7. The Morgan fingerprint density at radius 1 is 1.30 bits per heavy atom. The fourth-order valence-electron chi connectivity index (χ4n) is 2.15. The smallest absolute Gasteiger partial charge is 0.225 e. The van der Waals surface area contributed by atoms with Crippen LogP contribution in [-0.2, 0) is 4.79 Å². The summed E-state index contributed by atoms with van der Waals surface area (Å²) >= 11 is 1.64. The molecule has 5 nitrogen and oxygen atoms in total. The maximum atomic E-state index is 12.0. The van der Waals surface area contributed by atoms with E-state index in [0.717, 1.165) is 22.1 Å². The maximum Gasteiger partial charge on any atom is 0.225 e. The molecular weight excluding hydrogens is 308 g/mol. The van der Waals surface area contributed by atoms with Gasteiger partial charge in [-0.1, -0.05) is 0 Å². The van der Waals surface area contributed by atoms with Crippen molar-refractivity contribution in [1.82, 2.24) is 10.3 Å². The van der Waals surface area contributed by atoms with Gasteiger partial charge in [-0.15, -0.1) is 11.3 Å². The van der Waals surface area contributed by atoms with Crippen LogP contribution < -0.4 is 15.5 Å². The summed E-state index contributed by atoms with van der Waals surface area (Å²) in [5.74, 6) is 0.0109. The molecule has 0 aliphatic rings. The van der Waals surface area contributed by atoms with E-state index in [9.17, 15) is 4.79 Å². The number of carbonyl (C=O) groups is 1. The van der Waals surface area contributed by atoms with Gasteiger partial charge in [0.15, 0.2) is 0 Å². The summed E-state index contributed by atoms with van der Waals surface area (Å²) in [6.45, 7) is 4.68. The van der Waals surface area contributed by atoms with Gasteiger partial charge in [-0.25, -0.2) is 4.98 Å². The number of benzene rings is 1. The maximum absolute atomic E-state index is 12.0. The zero-order valence-electron chi connectivity index (χ0n) is 14.1. The number of hydrogen-bond acceptors (Lipinski definition) is 5. The van der Waals surface area contributed by atoms with E-state index in [-0.39, 0.29) is 11.9 Å². The van der Waals surface area contributed by atoms with Crippen molar-refractivity contribution < 1.29 is 4.79 Å². The number of hydrogen-bond donors (Lipinski definition) is 2. The lowest BCUT2D eigenvalue weighted by Crippen LogP contribution is -2.24. The number of nitrogens with one attached hydrogen (secondary N) is 2. The highest BCUT2D eigenvalue weighted by atomic mass is 32.1. The number of thiazole rings is 1. The number of carbonyl (C=O) groups excluding carboxylic acids is 1. The SMILES string of the molecule is Cc1nc([C@@H](C)NCCC(=O)Nc2ccc(N(C)C)cc2)cs1. The normalized spacial score (nSPS) is 12.0. The van der Waals surface area contributed by atoms with E-state index < -0.39 is 0 Å². The van der Waals surface area contributed by atoms with E-state index in [0.29, 0.717) is 13.0 Å². The summed E-state index contributed by atoms with van der Waals surface area (Å²) in [7, 11) is 3.98. The molecule has 0 spiro atoms. The Labute approximate surface area is 141 Å². The summed E-state index contributed by atoms with van der Waals surface area (Å²) in [4.78, 5) is 18.5. The van der Waals surface area contributed by atoms with Crippen LogP contribution in [0, 0.1) is 6.92 Å². The van der Waals surface area contributed by atoms with Crippen LogP contribution in [0.15, 0.2) is 29.6 Å². The fraction of sp³-hybridized carbons (Fsp3) is 0.412. The Hall–Kier alpha value is -1.92. The van der Waals surface area contributed by atoms with Crippen molar-refractivity contribution >= 4 is 28.6 Å². The first-order chi connectivity index (χ1) is 11.0. The van der Waals surface area contributed by atoms with Crippen molar-refractivity contribution in [2.45, 2.75) is 26.3 Å². The van der Waals surface area contributed by atoms with Crippen LogP contribution >= 0.6 is 11.3 Å². The standard InChI is InChI=1S/C17H24N4OS/c1-12(16-11-23-13(2)19-16)18-10-9-17(22)20-14-5-7-15(8-6-14)21(3)4/h5-8,11-12,18H,9-10H2,1-4H3,(H,20,22)/t12-/m1/s1. The second-order valence-electron chi connectivity index (χ2n) is 5.71. The van der Waals surface area contributed by atoms with Crippen LogP contribution in [0.5, 0.6) is 0 Å². The van der Waals surface area contributed by atoms with Crippen LogP contribution in [0.1, 0.15) is 30.1 Å². The van der Waals surface area contributed by atoms with Crippen molar-refractivity contribution in [3.63, 3.8) is 0 Å². The first kappa shape index (κ1) is 17.4. The average Bonchev–Trinajstić information content (AvgIpc) is 2.94. The number of anilines is 2. The van der Waals surface area contributed by atoms with Gasteiger partial charge in [0.1, 0.15) is 0 Å². The minimum Gasteiger partial charge on any atom is -0.378 e. The predicted molar refractivity (Wildman–Crippen MR) is 97.3 cm³/mol. The second-order valence-corrected chi connectivity index (χ2v) is 6.77. The summed E-state index contributed by atoms with van der Waals surface area (Å²) in [5.41, 5.74) is 2.97. The van der Waals surface area contributed by atoms with E-state index in [1.807, 2.05) is 50.2 Å². The monoisotopic (exact) mass is 332 g/mol. The Balaban J connectivity index is 1.74. The van der Waals surface area contributed by atoms with Crippen LogP contribution in [0.4, 0.5) is 11.4 Å². The van der Waals surface area contributed by atoms with Gasteiger partial charge in [0.05, 0.1) is 10.7 Å². The Morgan fingerprint density at radius 2 is 2.00 bits per heavy atom. The van der Waals surface area contributed by atoms with Gasteiger partial charge in [0, 0.05) is 49.9 Å². The molecule has 0 saturated carbocycles. The summed E-state index contributed by atoms with van der Waals surface area (Å²) in [6, 6.07) is 7.97. The molecule has 2 rings (SSSR count). The lowest BCUT2D eigenvalue weighted by molar-refractivity contribution is -0.116. The summed E-state index contributed by atoms with van der Waals surface area (Å²) in [6.07, 6.45) is 0.433. The molecule has 0 saturated heterocycles. The quantitative estimate of drug-likeness (QED) is 0.817. The third-order valence-electron chi connectivity index (χ3n) is 3.55. The van der Waals surface area contributed by atoms with E-state index in [4.69, 9.17) is 0 Å². The number of nitrogens with zero attached hydrogens (tertiary/aromatic N) is 2. The molecule has 0 aliphatic heterocycles. The Kier molecular flexibility index (Phi) is 6.12. The Morgan fingerprint density at radius 3 is 2.57 bits per heavy atom. The van der Waals surface area contributed by atoms with Crippen molar-refractivity contribution in [2.24, 2.45) is 0 Å². The van der Waals surface area contributed by atoms with E-state index >= 15 is 0 Å². The molecule has 0 aliphatic carbocycles. The molecule has 1 aromatic heterocycles. The van der Waals surface area contributed by atoms with Gasteiger partial charge in [0.2, 0.25) is 5.91 Å². The van der Waals surface area contributed by atoms with Gasteiger partial charge < -0.3 is 15.5 Å². The van der Waals surface area contributed by atoms with Crippen molar-refractivity contribution in [3.8, 4) is 0 Å². The van der Waals surface area contributed by atoms with Gasteiger partial charge >= 0.3 is 0 Å². The average molecular weight is 332 g/mol. The van der Waals surface area contributed by atoms with Crippen LogP contribution in [0.25, 0.3) is 0 Å². The molecule has 0 radical (unpaired) electrons. The lowest BCUT2D eigenvalue weighted by atomic mass is 10.2. The first-order valence-electron chi connectivity index (χ1n) is 7.68. The van der Waals surface area contributed by atoms with Crippen molar-refractivity contribution in [3.05, 3.63) is 40.3 Å². The highest BCUT2D eigenvalue weighted by molar-refractivity contribution is 7.09. The van der Waals surface area contributed by atoms with E-state index in [1.165, 1.54) is 0 Å². The Bertz CT molecular complexity index is 636. The van der Waals surface area contributed by atoms with Gasteiger partial charge in [-0.3, -0.25) is 4.79 Å². The molecule has 124 valence electrons. The van der Waals surface area contributed by atoms with Gasteiger partial charge in [-0.05, 0) is 38.1 Å². The molecule has 2 aromatic rings. The molecule has 6 heteroatoms. The lowest BCUT2D eigenvalue weighted by Gasteiger charge is -2.13. The minimum atomic E-state index is 0.0109. The zero-order valence-corrected chi connectivity index (χ0v) is 14.9. The fourth-order valence-corrected chi connectivity index (χ4v) is 2.86. The van der Waals surface area contributed by atoms with E-state index in [1.54, 1.807) is 11.3 Å². The molecule has 1 atom stereocenters. The third kappa shape index (κ3) is 5.33. The molecule has 1 aromatic carbocycles. The molecule has 0 bridgehead atoms. The zero-order chi connectivity index (χ0) is 16.8. The third-order valence-corrected chi connectivity index (χ3v) is 4.34. The van der Waals surface area contributed by atoms with Crippen LogP contribution in [0.2, 0.25) is 0 Å². The van der Waals surface area contributed by atoms with Gasteiger partial charge in [-0.2, -0.15) is 0 Å². The summed E-state index contributed by atoms with van der Waals surface area (Å²) in [5, 5.41) is 9.36. The van der Waals surface area contributed by atoms with Crippen LogP contribution in [-0.4, -0.2) is 31.5 Å². The molecule has 0 unspecified atom stereocenters. The second kappa shape index (κ2) is 8.08. The van der Waals surface area contributed by atoms with Crippen molar-refractivity contribution in [2.75, 3.05) is 30.9 Å². The predicted octanol–water partition coefficient (Wildman–Crippen LogP) is 3.20. The number of aromatic nitrogens is 1. The molecule has 2 N–H and O–H groups in total. The molecular formula is C17H24N4OS. The molecule has 0 fully saturated rings. The minimum absolute atomic E-state index is 0.0109. The molecule has 1 heterocycles. The highest BCUT2D eigenvalue weighted by Gasteiger charge is 2.09.